The fraction of sp³-hybridized carbons (Fsp3) is 0. The van der Waals surface area contributed by atoms with E-state index in [1.54, 1.807) is 12.4 Å². The molecule has 0 spiro atoms. The maximum absolute atomic E-state index is 4.39. The van der Waals surface area contributed by atoms with Crippen molar-refractivity contribution < 1.29 is 32.7 Å². The molecule has 0 atom stereocenters. The molecule has 3 aromatic heterocycles. The standard InChI is InChI=1S/C21H13N3.Y/c1-2-6-16(7-3-1)18-12-19(14-22-13-18)17-9-10-21(24-15-17)20-8-4-5-11-23-20;/h1-11,13-14H;/q-2;. The SMILES string of the molecule is [Y].[c-]1nc(-c2ccccn2)ccc1-c1[c-]c(-c2ccccc2)cnc1. The molecule has 0 aliphatic heterocycles. The third kappa shape index (κ3) is 4.06. The van der Waals surface area contributed by atoms with Crippen molar-refractivity contribution in [2.45, 2.75) is 0 Å². The minimum Gasteiger partial charge on any atom is -0.359 e. The molecule has 3 heterocycles. The summed E-state index contributed by atoms with van der Waals surface area (Å²) >= 11 is 0. The normalized spacial score (nSPS) is 10.1. The summed E-state index contributed by atoms with van der Waals surface area (Å²) in [7, 11) is 0. The van der Waals surface area contributed by atoms with Gasteiger partial charge in [-0.1, -0.05) is 54.4 Å². The van der Waals surface area contributed by atoms with Gasteiger partial charge in [-0.2, -0.15) is 23.3 Å². The van der Waals surface area contributed by atoms with Crippen LogP contribution in [0, 0.1) is 12.3 Å². The molecule has 4 rings (SSSR count). The van der Waals surface area contributed by atoms with Crippen LogP contribution in [-0.4, -0.2) is 15.0 Å². The van der Waals surface area contributed by atoms with E-state index in [2.05, 4.69) is 27.2 Å². The molecule has 25 heavy (non-hydrogen) atoms. The van der Waals surface area contributed by atoms with E-state index in [1.165, 1.54) is 0 Å². The Morgan fingerprint density at radius 2 is 1.48 bits per heavy atom. The van der Waals surface area contributed by atoms with Gasteiger partial charge in [0.05, 0.1) is 0 Å². The predicted molar refractivity (Wildman–Crippen MR) is 93.8 cm³/mol. The molecule has 0 saturated carbocycles. The van der Waals surface area contributed by atoms with Crippen LogP contribution in [0.25, 0.3) is 33.6 Å². The quantitative estimate of drug-likeness (QED) is 0.480. The molecule has 0 N–H and O–H groups in total. The van der Waals surface area contributed by atoms with Crippen molar-refractivity contribution in [2.75, 3.05) is 0 Å². The number of hydrogen-bond acceptors (Lipinski definition) is 3. The van der Waals surface area contributed by atoms with Crippen molar-refractivity contribution >= 4 is 0 Å². The first-order valence-electron chi connectivity index (χ1n) is 7.63. The van der Waals surface area contributed by atoms with Crippen molar-refractivity contribution in [3.8, 4) is 33.6 Å². The molecule has 0 amide bonds. The van der Waals surface area contributed by atoms with Gasteiger partial charge in [-0.05, 0) is 18.3 Å². The second-order valence-corrected chi connectivity index (χ2v) is 5.30. The zero-order valence-corrected chi connectivity index (χ0v) is 16.3. The summed E-state index contributed by atoms with van der Waals surface area (Å²) in [4.78, 5) is 13.0. The van der Waals surface area contributed by atoms with Crippen LogP contribution in [0.3, 0.4) is 0 Å². The van der Waals surface area contributed by atoms with Gasteiger partial charge in [0.1, 0.15) is 0 Å². The second kappa shape index (κ2) is 8.24. The maximum atomic E-state index is 4.39. The van der Waals surface area contributed by atoms with Gasteiger partial charge >= 0.3 is 0 Å². The van der Waals surface area contributed by atoms with Crippen LogP contribution in [0.5, 0.6) is 0 Å². The summed E-state index contributed by atoms with van der Waals surface area (Å²) in [5.41, 5.74) is 5.41. The van der Waals surface area contributed by atoms with E-state index in [9.17, 15) is 0 Å². The number of aromatic nitrogens is 3. The first-order chi connectivity index (χ1) is 11.9. The number of hydrogen-bond donors (Lipinski definition) is 0. The van der Waals surface area contributed by atoms with E-state index in [0.29, 0.717) is 0 Å². The molecule has 0 unspecified atom stereocenters. The number of benzene rings is 1. The van der Waals surface area contributed by atoms with Gasteiger partial charge in [0.15, 0.2) is 0 Å². The maximum Gasteiger partial charge on any atom is 0.0466 e. The Morgan fingerprint density at radius 1 is 0.680 bits per heavy atom. The molecule has 0 saturated heterocycles. The van der Waals surface area contributed by atoms with Crippen LogP contribution in [0.4, 0.5) is 0 Å². The van der Waals surface area contributed by atoms with Crippen molar-refractivity contribution in [3.05, 3.63) is 91.5 Å². The predicted octanol–water partition coefficient (Wildman–Crippen LogP) is 4.47. The molecule has 3 nitrogen and oxygen atoms in total. The van der Waals surface area contributed by atoms with E-state index >= 15 is 0 Å². The summed E-state index contributed by atoms with van der Waals surface area (Å²) in [6.45, 7) is 0. The van der Waals surface area contributed by atoms with Crippen LogP contribution in [0.1, 0.15) is 0 Å². The van der Waals surface area contributed by atoms with Gasteiger partial charge in [0.25, 0.3) is 0 Å². The largest absolute Gasteiger partial charge is 0.359 e. The number of rotatable bonds is 3. The zero-order valence-electron chi connectivity index (χ0n) is 13.4. The van der Waals surface area contributed by atoms with Crippen LogP contribution in [0.2, 0.25) is 0 Å². The minimum atomic E-state index is 0. The van der Waals surface area contributed by atoms with Gasteiger partial charge in [-0.15, -0.1) is 11.6 Å². The van der Waals surface area contributed by atoms with E-state index < -0.39 is 0 Å². The first-order valence-corrected chi connectivity index (χ1v) is 7.63. The Hall–Kier alpha value is -2.23. The third-order valence-electron chi connectivity index (χ3n) is 3.68. The summed E-state index contributed by atoms with van der Waals surface area (Å²) in [5.74, 6) is 0. The fourth-order valence-electron chi connectivity index (χ4n) is 2.46. The van der Waals surface area contributed by atoms with Crippen LogP contribution in [-0.2, 0) is 32.7 Å². The third-order valence-corrected chi connectivity index (χ3v) is 3.68. The smallest absolute Gasteiger partial charge is 0.0466 e. The minimum absolute atomic E-state index is 0. The molecule has 0 fully saturated rings. The van der Waals surface area contributed by atoms with E-state index in [4.69, 9.17) is 0 Å². The molecule has 0 aliphatic rings. The Balaban J connectivity index is 0.00000182. The molecule has 4 heteroatoms. The van der Waals surface area contributed by atoms with Gasteiger partial charge < -0.3 is 9.97 Å². The van der Waals surface area contributed by atoms with Gasteiger partial charge in [-0.3, -0.25) is 4.98 Å². The summed E-state index contributed by atoms with van der Waals surface area (Å²) in [6.07, 6.45) is 8.42. The van der Waals surface area contributed by atoms with Crippen LogP contribution >= 0.6 is 0 Å². The molecule has 0 bridgehead atoms. The van der Waals surface area contributed by atoms with Gasteiger partial charge in [0.2, 0.25) is 0 Å². The van der Waals surface area contributed by atoms with Crippen LogP contribution < -0.4 is 0 Å². The van der Waals surface area contributed by atoms with E-state index in [-0.39, 0.29) is 32.7 Å². The fourth-order valence-corrected chi connectivity index (χ4v) is 2.46. The Labute approximate surface area is 172 Å². The second-order valence-electron chi connectivity index (χ2n) is 5.30. The number of nitrogens with zero attached hydrogens (tertiary/aromatic N) is 3. The number of pyridine rings is 3. The Morgan fingerprint density at radius 3 is 2.20 bits per heavy atom. The summed E-state index contributed by atoms with van der Waals surface area (Å²) in [5, 5.41) is 0. The topological polar surface area (TPSA) is 38.7 Å². The molecule has 0 aliphatic carbocycles. The summed E-state index contributed by atoms with van der Waals surface area (Å²) in [6, 6.07) is 23.2. The average molecular weight is 396 g/mol. The van der Waals surface area contributed by atoms with Crippen molar-refractivity contribution in [2.24, 2.45) is 0 Å². The average Bonchev–Trinajstić information content (AvgIpc) is 2.70. The van der Waals surface area contributed by atoms with Crippen LogP contribution in [0.15, 0.2) is 79.3 Å². The Bertz CT molecular complexity index is 939. The van der Waals surface area contributed by atoms with E-state index in [1.807, 2.05) is 66.9 Å². The van der Waals surface area contributed by atoms with Crippen molar-refractivity contribution in [3.63, 3.8) is 0 Å². The zero-order chi connectivity index (χ0) is 16.2. The monoisotopic (exact) mass is 396 g/mol. The molecule has 117 valence electrons. The molecular weight excluding hydrogens is 383 g/mol. The van der Waals surface area contributed by atoms with Crippen molar-refractivity contribution in [1.29, 1.82) is 0 Å². The van der Waals surface area contributed by atoms with Gasteiger partial charge in [-0.25, -0.2) is 0 Å². The van der Waals surface area contributed by atoms with E-state index in [0.717, 1.165) is 33.6 Å². The van der Waals surface area contributed by atoms with Gasteiger partial charge in [0, 0.05) is 50.3 Å². The molecule has 1 aromatic carbocycles. The summed E-state index contributed by atoms with van der Waals surface area (Å²) < 4.78 is 0. The molecule has 4 aromatic rings. The Kier molecular flexibility index (Phi) is 5.80. The molecular formula is C21H13N3Y-2. The first kappa shape index (κ1) is 17.6. The van der Waals surface area contributed by atoms with Crippen molar-refractivity contribution in [1.82, 2.24) is 15.0 Å². The molecule has 1 radical (unpaired) electrons.